The van der Waals surface area contributed by atoms with Crippen LogP contribution in [0.4, 0.5) is 4.39 Å². The Hall–Kier alpha value is -0.890. The minimum Gasteiger partial charge on any atom is -0.321 e. The van der Waals surface area contributed by atoms with Crippen LogP contribution in [0.1, 0.15) is 43.9 Å². The molecule has 0 aliphatic heterocycles. The maximum absolute atomic E-state index is 14.1. The molecule has 0 spiro atoms. The van der Waals surface area contributed by atoms with Gasteiger partial charge in [-0.15, -0.1) is 0 Å². The summed E-state index contributed by atoms with van der Waals surface area (Å²) in [7, 11) is 0. The van der Waals surface area contributed by atoms with E-state index in [1.54, 1.807) is 6.07 Å². The van der Waals surface area contributed by atoms with E-state index in [-0.39, 0.29) is 11.7 Å². The Morgan fingerprint density at radius 2 is 1.88 bits per heavy atom. The summed E-state index contributed by atoms with van der Waals surface area (Å²) < 4.78 is 14.1. The quantitative estimate of drug-likeness (QED) is 0.831. The Bertz CT molecular complexity index is 361. The molecule has 16 heavy (non-hydrogen) atoms. The molecule has 0 bridgehead atoms. The van der Waals surface area contributed by atoms with Gasteiger partial charge in [0, 0.05) is 11.1 Å². The molecule has 90 valence electrons. The summed E-state index contributed by atoms with van der Waals surface area (Å²) in [6, 6.07) is 3.57. The van der Waals surface area contributed by atoms with Gasteiger partial charge < -0.3 is 5.73 Å². The lowest BCUT2D eigenvalue weighted by Crippen LogP contribution is -2.42. The number of aryl methyl sites for hydroxylation is 2. The average Bonchev–Trinajstić information content (AvgIpc) is 2.15. The minimum absolute atomic E-state index is 0.171. The predicted octanol–water partition coefficient (Wildman–Crippen LogP) is 3.66. The van der Waals surface area contributed by atoms with Crippen LogP contribution in [0.5, 0.6) is 0 Å². The molecule has 2 heteroatoms. The van der Waals surface area contributed by atoms with Gasteiger partial charge in [-0.25, -0.2) is 4.39 Å². The normalized spacial score (nSPS) is 15.2. The first-order valence-electron chi connectivity index (χ1n) is 5.89. The maximum atomic E-state index is 14.1. The molecule has 0 radical (unpaired) electrons. The van der Waals surface area contributed by atoms with Crippen LogP contribution >= 0.6 is 0 Å². The molecule has 1 aromatic carbocycles. The molecule has 0 fully saturated rings. The van der Waals surface area contributed by atoms with Crippen molar-refractivity contribution in [1.29, 1.82) is 0 Å². The van der Waals surface area contributed by atoms with Gasteiger partial charge in [0.25, 0.3) is 0 Å². The van der Waals surface area contributed by atoms with Crippen LogP contribution < -0.4 is 5.73 Å². The van der Waals surface area contributed by atoms with Crippen molar-refractivity contribution in [1.82, 2.24) is 0 Å². The van der Waals surface area contributed by atoms with Gasteiger partial charge in [0.1, 0.15) is 5.82 Å². The predicted molar refractivity (Wildman–Crippen MR) is 66.9 cm³/mol. The molecule has 2 N–H and O–H groups in total. The topological polar surface area (TPSA) is 26.0 Å². The number of benzene rings is 1. The summed E-state index contributed by atoms with van der Waals surface area (Å²) in [4.78, 5) is 0. The van der Waals surface area contributed by atoms with Gasteiger partial charge in [-0.3, -0.25) is 0 Å². The van der Waals surface area contributed by atoms with Crippen LogP contribution in [-0.2, 0) is 5.54 Å². The van der Waals surface area contributed by atoms with Gasteiger partial charge in [0.2, 0.25) is 0 Å². The summed E-state index contributed by atoms with van der Waals surface area (Å²) in [5, 5.41) is 0. The number of nitrogens with two attached hydrogens (primary N) is 1. The van der Waals surface area contributed by atoms with E-state index < -0.39 is 5.54 Å². The number of hydrogen-bond donors (Lipinski definition) is 1. The number of halogens is 1. The van der Waals surface area contributed by atoms with Crippen LogP contribution in [0.25, 0.3) is 0 Å². The lowest BCUT2D eigenvalue weighted by Gasteiger charge is -2.35. The summed E-state index contributed by atoms with van der Waals surface area (Å²) in [5.74, 6) is 0.0453. The van der Waals surface area contributed by atoms with Crippen molar-refractivity contribution in [3.8, 4) is 0 Å². The molecule has 1 nitrogen and oxygen atoms in total. The second-order valence-corrected chi connectivity index (χ2v) is 4.99. The molecule has 0 aliphatic carbocycles. The van der Waals surface area contributed by atoms with Gasteiger partial charge in [0.15, 0.2) is 0 Å². The standard InChI is InChI=1S/C14H22FN/c1-6-14(16,9(2)3)13-11(5)7-10(4)8-12(13)15/h7-9H,6,16H2,1-5H3. The molecule has 0 amide bonds. The van der Waals surface area contributed by atoms with Gasteiger partial charge in [-0.05, 0) is 43.4 Å². The zero-order valence-electron chi connectivity index (χ0n) is 10.9. The molecule has 0 heterocycles. The van der Waals surface area contributed by atoms with Crippen molar-refractivity contribution in [2.75, 3.05) is 0 Å². The molecule has 0 aliphatic rings. The van der Waals surface area contributed by atoms with Crippen molar-refractivity contribution in [3.05, 3.63) is 34.6 Å². The first kappa shape index (κ1) is 13.2. The van der Waals surface area contributed by atoms with Crippen LogP contribution in [-0.4, -0.2) is 0 Å². The Morgan fingerprint density at radius 1 is 1.31 bits per heavy atom. The fourth-order valence-electron chi connectivity index (χ4n) is 2.38. The lowest BCUT2D eigenvalue weighted by atomic mass is 9.76. The van der Waals surface area contributed by atoms with Gasteiger partial charge >= 0.3 is 0 Å². The smallest absolute Gasteiger partial charge is 0.128 e. The Labute approximate surface area is 97.9 Å². The van der Waals surface area contributed by atoms with Crippen LogP contribution in [0, 0.1) is 25.6 Å². The monoisotopic (exact) mass is 223 g/mol. The highest BCUT2D eigenvalue weighted by Gasteiger charge is 2.33. The molecule has 1 atom stereocenters. The van der Waals surface area contributed by atoms with E-state index in [0.29, 0.717) is 5.56 Å². The first-order valence-corrected chi connectivity index (χ1v) is 5.89. The molecule has 0 saturated heterocycles. The molecular formula is C14H22FN. The molecule has 0 aromatic heterocycles. The van der Waals surface area contributed by atoms with Gasteiger partial charge in [0.05, 0.1) is 0 Å². The van der Waals surface area contributed by atoms with E-state index in [9.17, 15) is 4.39 Å². The van der Waals surface area contributed by atoms with Crippen LogP contribution in [0.15, 0.2) is 12.1 Å². The maximum Gasteiger partial charge on any atom is 0.128 e. The highest BCUT2D eigenvalue weighted by Crippen LogP contribution is 2.34. The van der Waals surface area contributed by atoms with Crippen LogP contribution in [0.3, 0.4) is 0 Å². The summed E-state index contributed by atoms with van der Waals surface area (Å²) in [6.45, 7) is 9.94. The molecule has 1 unspecified atom stereocenters. The van der Waals surface area contributed by atoms with Gasteiger partial charge in [-0.2, -0.15) is 0 Å². The molecule has 1 aromatic rings. The lowest BCUT2D eigenvalue weighted by molar-refractivity contribution is 0.293. The zero-order valence-corrected chi connectivity index (χ0v) is 10.9. The second-order valence-electron chi connectivity index (χ2n) is 4.99. The summed E-state index contributed by atoms with van der Waals surface area (Å²) >= 11 is 0. The van der Waals surface area contributed by atoms with E-state index in [2.05, 4.69) is 0 Å². The first-order chi connectivity index (χ1) is 7.32. The largest absolute Gasteiger partial charge is 0.321 e. The third-order valence-electron chi connectivity index (χ3n) is 3.51. The third kappa shape index (κ3) is 2.12. The van der Waals surface area contributed by atoms with Gasteiger partial charge in [-0.1, -0.05) is 26.8 Å². The molecular weight excluding hydrogens is 201 g/mol. The fraction of sp³-hybridized carbons (Fsp3) is 0.571. The van der Waals surface area contributed by atoms with Crippen LogP contribution in [0.2, 0.25) is 0 Å². The van der Waals surface area contributed by atoms with Crippen molar-refractivity contribution < 1.29 is 4.39 Å². The third-order valence-corrected chi connectivity index (χ3v) is 3.51. The van der Waals surface area contributed by atoms with E-state index >= 15 is 0 Å². The molecule has 0 saturated carbocycles. The highest BCUT2D eigenvalue weighted by molar-refractivity contribution is 5.37. The van der Waals surface area contributed by atoms with E-state index in [1.807, 2.05) is 40.7 Å². The molecule has 1 rings (SSSR count). The van der Waals surface area contributed by atoms with E-state index in [1.165, 1.54) is 0 Å². The zero-order chi connectivity index (χ0) is 12.5. The van der Waals surface area contributed by atoms with Crippen molar-refractivity contribution in [2.24, 2.45) is 11.7 Å². The number of hydrogen-bond acceptors (Lipinski definition) is 1. The van der Waals surface area contributed by atoms with E-state index in [0.717, 1.165) is 17.5 Å². The average molecular weight is 223 g/mol. The Kier molecular flexibility index (Phi) is 3.74. The summed E-state index contributed by atoms with van der Waals surface area (Å²) in [5.41, 5.74) is 8.38. The van der Waals surface area contributed by atoms with Crippen molar-refractivity contribution >= 4 is 0 Å². The SMILES string of the molecule is CCC(N)(c1c(C)cc(C)cc1F)C(C)C. The van der Waals surface area contributed by atoms with E-state index in [4.69, 9.17) is 5.73 Å². The number of rotatable bonds is 3. The fourth-order valence-corrected chi connectivity index (χ4v) is 2.38. The minimum atomic E-state index is -0.568. The Balaban J connectivity index is 3.42. The Morgan fingerprint density at radius 3 is 2.25 bits per heavy atom. The summed E-state index contributed by atoms with van der Waals surface area (Å²) in [6.07, 6.45) is 0.742. The van der Waals surface area contributed by atoms with Crippen molar-refractivity contribution in [3.63, 3.8) is 0 Å². The highest BCUT2D eigenvalue weighted by atomic mass is 19.1. The van der Waals surface area contributed by atoms with Crippen molar-refractivity contribution in [2.45, 2.75) is 46.6 Å². The second kappa shape index (κ2) is 4.54.